The lowest BCUT2D eigenvalue weighted by Crippen LogP contribution is -1.95. The van der Waals surface area contributed by atoms with Crippen LogP contribution in [0.15, 0.2) is 42.5 Å². The lowest BCUT2D eigenvalue weighted by atomic mass is 10.2. The zero-order valence-corrected chi connectivity index (χ0v) is 11.6. The van der Waals surface area contributed by atoms with Gasteiger partial charge in [0.2, 0.25) is 0 Å². The fourth-order valence-corrected chi connectivity index (χ4v) is 2.49. The Morgan fingerprint density at radius 2 is 2.10 bits per heavy atom. The number of aromatic nitrogens is 2. The molecule has 2 aromatic carbocycles. The van der Waals surface area contributed by atoms with E-state index in [-0.39, 0.29) is 0 Å². The first-order chi connectivity index (χ1) is 9.72. The highest BCUT2D eigenvalue weighted by atomic mass is 32.1. The van der Waals surface area contributed by atoms with Gasteiger partial charge in [-0.3, -0.25) is 4.57 Å². The van der Waals surface area contributed by atoms with Gasteiger partial charge in [0.15, 0.2) is 4.77 Å². The lowest BCUT2D eigenvalue weighted by Gasteiger charge is -2.06. The van der Waals surface area contributed by atoms with Gasteiger partial charge in [0.05, 0.1) is 35.5 Å². The SMILES string of the molecule is COc1cccc(-n2c(=S)[nH]c3ccc(C#N)cc32)c1. The summed E-state index contributed by atoms with van der Waals surface area (Å²) >= 11 is 5.38. The van der Waals surface area contributed by atoms with Crippen molar-refractivity contribution in [3.8, 4) is 17.5 Å². The van der Waals surface area contributed by atoms with Gasteiger partial charge in [-0.05, 0) is 42.5 Å². The number of methoxy groups -OCH3 is 1. The van der Waals surface area contributed by atoms with Gasteiger partial charge in [-0.25, -0.2) is 0 Å². The van der Waals surface area contributed by atoms with Gasteiger partial charge in [-0.15, -0.1) is 0 Å². The molecule has 1 N–H and O–H groups in total. The van der Waals surface area contributed by atoms with Crippen LogP contribution >= 0.6 is 12.2 Å². The number of H-pyrrole nitrogens is 1. The Labute approximate surface area is 120 Å². The van der Waals surface area contributed by atoms with Crippen LogP contribution in [0.25, 0.3) is 16.7 Å². The Kier molecular flexibility index (Phi) is 3.01. The number of hydrogen-bond donors (Lipinski definition) is 1. The van der Waals surface area contributed by atoms with Crippen LogP contribution in [0.5, 0.6) is 5.75 Å². The molecule has 3 rings (SSSR count). The molecule has 0 saturated carbocycles. The molecule has 0 aliphatic carbocycles. The number of nitrogens with one attached hydrogen (secondary N) is 1. The van der Waals surface area contributed by atoms with E-state index in [0.717, 1.165) is 22.5 Å². The summed E-state index contributed by atoms with van der Waals surface area (Å²) in [7, 11) is 1.63. The molecule has 98 valence electrons. The molecule has 0 amide bonds. The second-order valence-electron chi connectivity index (χ2n) is 4.31. The highest BCUT2D eigenvalue weighted by molar-refractivity contribution is 7.71. The fourth-order valence-electron chi connectivity index (χ4n) is 2.18. The van der Waals surface area contributed by atoms with Gasteiger partial charge in [-0.2, -0.15) is 5.26 Å². The maximum Gasteiger partial charge on any atom is 0.182 e. The Hall–Kier alpha value is -2.58. The molecule has 4 nitrogen and oxygen atoms in total. The molecule has 0 atom stereocenters. The van der Waals surface area contributed by atoms with Crippen molar-refractivity contribution in [2.24, 2.45) is 0 Å². The van der Waals surface area contributed by atoms with Gasteiger partial charge < -0.3 is 9.72 Å². The highest BCUT2D eigenvalue weighted by Gasteiger charge is 2.08. The summed E-state index contributed by atoms with van der Waals surface area (Å²) in [6, 6.07) is 15.2. The molecule has 5 heteroatoms. The normalized spacial score (nSPS) is 10.4. The number of rotatable bonds is 2. The molecular formula is C15H11N3OS. The molecule has 0 aliphatic heterocycles. The molecular weight excluding hydrogens is 270 g/mol. The molecule has 0 spiro atoms. The number of benzene rings is 2. The lowest BCUT2D eigenvalue weighted by molar-refractivity contribution is 0.414. The first kappa shape index (κ1) is 12.5. The van der Waals surface area contributed by atoms with Crippen molar-refractivity contribution in [2.45, 2.75) is 0 Å². The van der Waals surface area contributed by atoms with E-state index < -0.39 is 0 Å². The second-order valence-corrected chi connectivity index (χ2v) is 4.70. The molecule has 0 bridgehead atoms. The number of nitriles is 1. The topological polar surface area (TPSA) is 53.7 Å². The van der Waals surface area contributed by atoms with Crippen molar-refractivity contribution in [1.82, 2.24) is 9.55 Å². The Bertz CT molecular complexity index is 886. The van der Waals surface area contributed by atoms with Crippen LogP contribution < -0.4 is 4.74 Å². The van der Waals surface area contributed by atoms with Crippen LogP contribution in [0, 0.1) is 16.1 Å². The van der Waals surface area contributed by atoms with Crippen molar-refractivity contribution in [3.63, 3.8) is 0 Å². The van der Waals surface area contributed by atoms with E-state index in [9.17, 15) is 0 Å². The first-order valence-electron chi connectivity index (χ1n) is 6.02. The Balaban J connectivity index is 2.32. The van der Waals surface area contributed by atoms with E-state index in [1.807, 2.05) is 41.0 Å². The number of hydrogen-bond acceptors (Lipinski definition) is 3. The summed E-state index contributed by atoms with van der Waals surface area (Å²) < 4.78 is 7.72. The van der Waals surface area contributed by atoms with Crippen molar-refractivity contribution < 1.29 is 4.74 Å². The van der Waals surface area contributed by atoms with E-state index in [1.54, 1.807) is 13.2 Å². The largest absolute Gasteiger partial charge is 0.497 e. The van der Waals surface area contributed by atoms with Crippen LogP contribution in [-0.4, -0.2) is 16.7 Å². The zero-order chi connectivity index (χ0) is 14.1. The third-order valence-corrected chi connectivity index (χ3v) is 3.41. The summed E-state index contributed by atoms with van der Waals surface area (Å²) in [5.74, 6) is 0.759. The number of fused-ring (bicyclic) bond motifs is 1. The smallest absolute Gasteiger partial charge is 0.182 e. The van der Waals surface area contributed by atoms with E-state index in [4.69, 9.17) is 22.2 Å². The fraction of sp³-hybridized carbons (Fsp3) is 0.0667. The van der Waals surface area contributed by atoms with Gasteiger partial charge in [0.25, 0.3) is 0 Å². The van der Waals surface area contributed by atoms with Crippen molar-refractivity contribution >= 4 is 23.3 Å². The van der Waals surface area contributed by atoms with E-state index in [2.05, 4.69) is 11.1 Å². The summed E-state index contributed by atoms with van der Waals surface area (Å²) in [5.41, 5.74) is 3.28. The number of nitrogens with zero attached hydrogens (tertiary/aromatic N) is 2. The molecule has 0 aliphatic rings. The zero-order valence-electron chi connectivity index (χ0n) is 10.8. The van der Waals surface area contributed by atoms with E-state index in [1.165, 1.54) is 0 Å². The average molecular weight is 281 g/mol. The number of aromatic amines is 1. The van der Waals surface area contributed by atoms with Crippen molar-refractivity contribution in [2.75, 3.05) is 7.11 Å². The average Bonchev–Trinajstić information content (AvgIpc) is 2.82. The summed E-state index contributed by atoms with van der Waals surface area (Å²) in [5, 5.41) is 9.03. The third kappa shape index (κ3) is 1.96. The number of ether oxygens (including phenoxy) is 1. The molecule has 0 unspecified atom stereocenters. The minimum Gasteiger partial charge on any atom is -0.497 e. The summed E-state index contributed by atoms with van der Waals surface area (Å²) in [6.45, 7) is 0. The van der Waals surface area contributed by atoms with E-state index in [0.29, 0.717) is 10.3 Å². The first-order valence-corrected chi connectivity index (χ1v) is 6.43. The van der Waals surface area contributed by atoms with Crippen LogP contribution in [-0.2, 0) is 0 Å². The number of imidazole rings is 1. The summed E-state index contributed by atoms with van der Waals surface area (Å²) in [4.78, 5) is 3.14. The van der Waals surface area contributed by atoms with Gasteiger partial charge >= 0.3 is 0 Å². The molecule has 20 heavy (non-hydrogen) atoms. The summed E-state index contributed by atoms with van der Waals surface area (Å²) in [6.07, 6.45) is 0. The van der Waals surface area contributed by atoms with Crippen LogP contribution in [0.4, 0.5) is 0 Å². The van der Waals surface area contributed by atoms with Crippen molar-refractivity contribution in [1.29, 1.82) is 5.26 Å². The molecule has 0 radical (unpaired) electrons. The Morgan fingerprint density at radius 1 is 1.25 bits per heavy atom. The van der Waals surface area contributed by atoms with Crippen LogP contribution in [0.2, 0.25) is 0 Å². The maximum atomic E-state index is 9.03. The van der Waals surface area contributed by atoms with E-state index >= 15 is 0 Å². The molecule has 1 heterocycles. The van der Waals surface area contributed by atoms with Gasteiger partial charge in [-0.1, -0.05) is 6.07 Å². The van der Waals surface area contributed by atoms with Crippen LogP contribution in [0.3, 0.4) is 0 Å². The van der Waals surface area contributed by atoms with Crippen LogP contribution in [0.1, 0.15) is 5.56 Å². The predicted octanol–water partition coefficient (Wildman–Crippen LogP) is 3.57. The molecule has 0 fully saturated rings. The second kappa shape index (κ2) is 4.83. The molecule has 0 saturated heterocycles. The quantitative estimate of drug-likeness (QED) is 0.731. The predicted molar refractivity (Wildman–Crippen MR) is 79.7 cm³/mol. The minimum atomic E-state index is 0.586. The molecule has 3 aromatic rings. The molecule has 1 aromatic heterocycles. The maximum absolute atomic E-state index is 9.03. The monoisotopic (exact) mass is 281 g/mol. The standard InChI is InChI=1S/C15H11N3OS/c1-19-12-4-2-3-11(8-12)18-14-7-10(9-16)5-6-13(14)17-15(18)20/h2-8H,1H3,(H,17,20). The third-order valence-electron chi connectivity index (χ3n) is 3.12. The Morgan fingerprint density at radius 3 is 2.85 bits per heavy atom. The van der Waals surface area contributed by atoms with Crippen molar-refractivity contribution in [3.05, 3.63) is 52.8 Å². The highest BCUT2D eigenvalue weighted by Crippen LogP contribution is 2.23. The van der Waals surface area contributed by atoms with Gasteiger partial charge in [0, 0.05) is 6.07 Å². The van der Waals surface area contributed by atoms with Gasteiger partial charge in [0.1, 0.15) is 5.75 Å². The minimum absolute atomic E-state index is 0.586.